The van der Waals surface area contributed by atoms with E-state index in [1.807, 2.05) is 0 Å². The average Bonchev–Trinajstić information content (AvgIpc) is 2.34. The molecule has 0 aliphatic heterocycles. The predicted octanol–water partition coefficient (Wildman–Crippen LogP) is 1.42. The van der Waals surface area contributed by atoms with Crippen LogP contribution in [0.2, 0.25) is 0 Å². The van der Waals surface area contributed by atoms with Crippen LogP contribution in [0.3, 0.4) is 0 Å². The van der Waals surface area contributed by atoms with Gasteiger partial charge < -0.3 is 0 Å². The maximum atomic E-state index is 10.4. The molecule has 60 valence electrons. The van der Waals surface area contributed by atoms with Gasteiger partial charge >= 0.3 is 0 Å². The molecule has 0 fully saturated rings. The van der Waals surface area contributed by atoms with Crippen molar-refractivity contribution in [3.05, 3.63) is 17.5 Å². The Hall–Kier alpha value is -1.12. The smallest absolute Gasteiger partial charge is 0.168 e. The number of H-pyrrole nitrogens is 1. The Morgan fingerprint density at radius 3 is 3.00 bits per heavy atom. The van der Waals surface area contributed by atoms with Crippen LogP contribution >= 0.6 is 0 Å². The monoisotopic (exact) mass is 152 g/mol. The summed E-state index contributed by atoms with van der Waals surface area (Å²) in [6.45, 7) is 4.23. The maximum Gasteiger partial charge on any atom is 0.168 e. The summed E-state index contributed by atoms with van der Waals surface area (Å²) in [5.74, 6) is 0.561. The standard InChI is InChI=1S/C8H12N2O/c1-6(2)3-7-4-9-10-8(7)5-11/h4-6H,3H2,1-2H3,(H,9,10). The van der Waals surface area contributed by atoms with Gasteiger partial charge in [-0.2, -0.15) is 5.10 Å². The molecule has 0 spiro atoms. The lowest BCUT2D eigenvalue weighted by Gasteiger charge is -2.00. The molecule has 0 unspecified atom stereocenters. The van der Waals surface area contributed by atoms with Gasteiger partial charge in [0, 0.05) is 5.56 Å². The molecule has 1 N–H and O–H groups in total. The fourth-order valence-electron chi connectivity index (χ4n) is 1.03. The quantitative estimate of drug-likeness (QED) is 0.666. The zero-order valence-electron chi connectivity index (χ0n) is 6.79. The molecule has 11 heavy (non-hydrogen) atoms. The van der Waals surface area contributed by atoms with Gasteiger partial charge in [0.05, 0.1) is 6.20 Å². The first-order chi connectivity index (χ1) is 5.24. The lowest BCUT2D eigenvalue weighted by molar-refractivity contribution is 0.111. The normalized spacial score (nSPS) is 10.5. The van der Waals surface area contributed by atoms with Gasteiger partial charge in [-0.25, -0.2) is 0 Å². The van der Waals surface area contributed by atoms with Gasteiger partial charge in [0.2, 0.25) is 0 Å². The molecule has 0 saturated heterocycles. The number of aromatic amines is 1. The molecule has 3 heteroatoms. The number of nitrogens with one attached hydrogen (secondary N) is 1. The van der Waals surface area contributed by atoms with Gasteiger partial charge in [-0.05, 0) is 12.3 Å². The van der Waals surface area contributed by atoms with E-state index in [0.29, 0.717) is 11.6 Å². The van der Waals surface area contributed by atoms with Crippen LogP contribution < -0.4 is 0 Å². The summed E-state index contributed by atoms with van der Waals surface area (Å²) >= 11 is 0. The second-order valence-electron chi connectivity index (χ2n) is 3.02. The van der Waals surface area contributed by atoms with Crippen LogP contribution in [0.15, 0.2) is 6.20 Å². The number of aromatic nitrogens is 2. The Balaban J connectivity index is 2.76. The van der Waals surface area contributed by atoms with E-state index in [-0.39, 0.29) is 0 Å². The van der Waals surface area contributed by atoms with Crippen LogP contribution in [-0.4, -0.2) is 16.5 Å². The van der Waals surface area contributed by atoms with Crippen molar-refractivity contribution >= 4 is 6.29 Å². The van der Waals surface area contributed by atoms with Crippen molar-refractivity contribution in [1.29, 1.82) is 0 Å². The number of rotatable bonds is 3. The van der Waals surface area contributed by atoms with Crippen LogP contribution in [0, 0.1) is 5.92 Å². The van der Waals surface area contributed by atoms with E-state index in [1.54, 1.807) is 6.20 Å². The summed E-state index contributed by atoms with van der Waals surface area (Å²) in [5, 5.41) is 6.43. The van der Waals surface area contributed by atoms with E-state index in [2.05, 4.69) is 24.0 Å². The van der Waals surface area contributed by atoms with Crippen LogP contribution in [0.5, 0.6) is 0 Å². The van der Waals surface area contributed by atoms with E-state index in [1.165, 1.54) is 0 Å². The van der Waals surface area contributed by atoms with Crippen molar-refractivity contribution < 1.29 is 4.79 Å². The SMILES string of the molecule is CC(C)Cc1cn[nH]c1C=O. The highest BCUT2D eigenvalue weighted by atomic mass is 16.1. The van der Waals surface area contributed by atoms with Crippen molar-refractivity contribution in [2.75, 3.05) is 0 Å². The first-order valence-corrected chi connectivity index (χ1v) is 3.71. The first-order valence-electron chi connectivity index (χ1n) is 3.71. The lowest BCUT2D eigenvalue weighted by Crippen LogP contribution is -1.95. The maximum absolute atomic E-state index is 10.4. The fraction of sp³-hybridized carbons (Fsp3) is 0.500. The molecule has 1 aromatic heterocycles. The van der Waals surface area contributed by atoms with Gasteiger partial charge in [-0.3, -0.25) is 9.89 Å². The Morgan fingerprint density at radius 2 is 2.45 bits per heavy atom. The average molecular weight is 152 g/mol. The molecule has 3 nitrogen and oxygen atoms in total. The molecule has 0 aliphatic rings. The number of hydrogen-bond donors (Lipinski definition) is 1. The minimum atomic E-state index is 0.561. The van der Waals surface area contributed by atoms with E-state index in [4.69, 9.17) is 0 Å². The van der Waals surface area contributed by atoms with Crippen molar-refractivity contribution in [2.24, 2.45) is 5.92 Å². The molecule has 1 heterocycles. The summed E-state index contributed by atoms with van der Waals surface area (Å²) in [6.07, 6.45) is 3.43. The minimum Gasteiger partial charge on any atom is -0.296 e. The van der Waals surface area contributed by atoms with E-state index < -0.39 is 0 Å². The summed E-state index contributed by atoms with van der Waals surface area (Å²) in [6, 6.07) is 0. The van der Waals surface area contributed by atoms with E-state index >= 15 is 0 Å². The highest BCUT2D eigenvalue weighted by Crippen LogP contribution is 2.08. The van der Waals surface area contributed by atoms with Gasteiger partial charge in [-0.15, -0.1) is 0 Å². The van der Waals surface area contributed by atoms with Crippen LogP contribution in [0.25, 0.3) is 0 Å². The summed E-state index contributed by atoms with van der Waals surface area (Å²) in [4.78, 5) is 10.4. The molecule has 1 aromatic rings. The molecule has 0 amide bonds. The van der Waals surface area contributed by atoms with Gasteiger partial charge in [0.25, 0.3) is 0 Å². The van der Waals surface area contributed by atoms with Gasteiger partial charge in [0.1, 0.15) is 5.69 Å². The topological polar surface area (TPSA) is 45.8 Å². The highest BCUT2D eigenvalue weighted by molar-refractivity contribution is 5.73. The number of nitrogens with zero attached hydrogens (tertiary/aromatic N) is 1. The summed E-state index contributed by atoms with van der Waals surface area (Å²) in [5.41, 5.74) is 1.62. The van der Waals surface area contributed by atoms with E-state index in [9.17, 15) is 4.79 Å². The van der Waals surface area contributed by atoms with Crippen LogP contribution in [-0.2, 0) is 6.42 Å². The van der Waals surface area contributed by atoms with Crippen molar-refractivity contribution in [3.63, 3.8) is 0 Å². The molecule has 0 bridgehead atoms. The molecular formula is C8H12N2O. The van der Waals surface area contributed by atoms with Gasteiger partial charge in [-0.1, -0.05) is 13.8 Å². The van der Waals surface area contributed by atoms with Crippen molar-refractivity contribution in [2.45, 2.75) is 20.3 Å². The third-order valence-corrected chi connectivity index (χ3v) is 1.50. The Labute approximate surface area is 65.8 Å². The lowest BCUT2D eigenvalue weighted by atomic mass is 10.0. The molecule has 0 atom stereocenters. The third-order valence-electron chi connectivity index (χ3n) is 1.50. The second kappa shape index (κ2) is 3.32. The number of carbonyl (C=O) groups is 1. The summed E-state index contributed by atoms with van der Waals surface area (Å²) < 4.78 is 0. The van der Waals surface area contributed by atoms with Crippen molar-refractivity contribution in [3.8, 4) is 0 Å². The third kappa shape index (κ3) is 1.90. The fourth-order valence-corrected chi connectivity index (χ4v) is 1.03. The Bertz CT molecular complexity index is 240. The molecular weight excluding hydrogens is 140 g/mol. The Morgan fingerprint density at radius 1 is 1.73 bits per heavy atom. The van der Waals surface area contributed by atoms with Crippen LogP contribution in [0.1, 0.15) is 29.9 Å². The molecule has 1 rings (SSSR count). The zero-order chi connectivity index (χ0) is 8.27. The van der Waals surface area contributed by atoms with Gasteiger partial charge in [0.15, 0.2) is 6.29 Å². The largest absolute Gasteiger partial charge is 0.296 e. The van der Waals surface area contributed by atoms with Crippen LogP contribution in [0.4, 0.5) is 0 Å². The molecule has 0 saturated carbocycles. The predicted molar refractivity (Wildman–Crippen MR) is 42.5 cm³/mol. The van der Waals surface area contributed by atoms with E-state index in [0.717, 1.165) is 18.3 Å². The molecule has 0 radical (unpaired) electrons. The molecule has 0 aromatic carbocycles. The number of aldehydes is 1. The van der Waals surface area contributed by atoms with Crippen molar-refractivity contribution in [1.82, 2.24) is 10.2 Å². The first kappa shape index (κ1) is 7.98. The molecule has 0 aliphatic carbocycles. The Kier molecular flexibility index (Phi) is 2.41. The second-order valence-corrected chi connectivity index (χ2v) is 3.02. The zero-order valence-corrected chi connectivity index (χ0v) is 6.79. The number of hydrogen-bond acceptors (Lipinski definition) is 2. The summed E-state index contributed by atoms with van der Waals surface area (Å²) in [7, 11) is 0. The number of carbonyl (C=O) groups excluding carboxylic acids is 1. The highest BCUT2D eigenvalue weighted by Gasteiger charge is 2.04. The minimum absolute atomic E-state index is 0.561.